The number of benzene rings is 1. The van der Waals surface area contributed by atoms with Crippen LogP contribution < -0.4 is 5.32 Å². The second-order valence-corrected chi connectivity index (χ2v) is 9.57. The summed E-state index contributed by atoms with van der Waals surface area (Å²) in [6, 6.07) is 12.0. The molecule has 1 amide bonds. The lowest BCUT2D eigenvalue weighted by molar-refractivity contribution is 0.0944. The van der Waals surface area contributed by atoms with Gasteiger partial charge in [0, 0.05) is 29.9 Å². The molecule has 0 aliphatic rings. The van der Waals surface area contributed by atoms with E-state index < -0.39 is 0 Å². The molecule has 4 rings (SSSR count). The normalized spacial score (nSPS) is 11.1. The predicted molar refractivity (Wildman–Crippen MR) is 128 cm³/mol. The standard InChI is InChI=1S/C23H24N6OS2/c1-15(2)12-25-22(30)18-13-31-20(26-18)14-32-23-28-27-21(17-8-10-24-11-9-17)29(23)19-7-5-4-6-16(19)3/h4-11,13,15H,12,14H2,1-3H3,(H,25,30). The third-order valence-electron chi connectivity index (χ3n) is 4.71. The second-order valence-electron chi connectivity index (χ2n) is 7.68. The number of hydrogen-bond acceptors (Lipinski definition) is 7. The first-order chi connectivity index (χ1) is 15.5. The molecule has 164 valence electrons. The summed E-state index contributed by atoms with van der Waals surface area (Å²) in [6.45, 7) is 6.84. The summed E-state index contributed by atoms with van der Waals surface area (Å²) in [5, 5.41) is 15.3. The first-order valence-electron chi connectivity index (χ1n) is 10.3. The number of hydrogen-bond donors (Lipinski definition) is 1. The zero-order valence-corrected chi connectivity index (χ0v) is 19.8. The fraction of sp³-hybridized carbons (Fsp3) is 0.261. The van der Waals surface area contributed by atoms with Crippen LogP contribution in [0.1, 0.15) is 34.9 Å². The summed E-state index contributed by atoms with van der Waals surface area (Å²) in [5.41, 5.74) is 3.56. The van der Waals surface area contributed by atoms with Crippen LogP contribution in [-0.2, 0) is 5.75 Å². The molecule has 0 aliphatic heterocycles. The first kappa shape index (κ1) is 22.2. The molecule has 7 nitrogen and oxygen atoms in total. The molecular formula is C23H24N6OS2. The van der Waals surface area contributed by atoms with Gasteiger partial charge in [0.1, 0.15) is 10.7 Å². The van der Waals surface area contributed by atoms with Gasteiger partial charge in [-0.1, -0.05) is 43.8 Å². The van der Waals surface area contributed by atoms with Gasteiger partial charge >= 0.3 is 0 Å². The molecule has 0 unspecified atom stereocenters. The monoisotopic (exact) mass is 464 g/mol. The van der Waals surface area contributed by atoms with Crippen molar-refractivity contribution in [3.63, 3.8) is 0 Å². The van der Waals surface area contributed by atoms with Gasteiger partial charge in [0.15, 0.2) is 11.0 Å². The van der Waals surface area contributed by atoms with Crippen molar-refractivity contribution in [2.75, 3.05) is 6.54 Å². The number of carbonyl (C=O) groups is 1. The van der Waals surface area contributed by atoms with E-state index in [1.165, 1.54) is 11.3 Å². The van der Waals surface area contributed by atoms with Gasteiger partial charge in [-0.3, -0.25) is 14.3 Å². The number of thioether (sulfide) groups is 1. The molecule has 0 spiro atoms. The van der Waals surface area contributed by atoms with E-state index in [0.29, 0.717) is 23.9 Å². The lowest BCUT2D eigenvalue weighted by atomic mass is 10.2. The van der Waals surface area contributed by atoms with Gasteiger partial charge in [-0.15, -0.1) is 21.5 Å². The summed E-state index contributed by atoms with van der Waals surface area (Å²) < 4.78 is 2.07. The molecule has 9 heteroatoms. The largest absolute Gasteiger partial charge is 0.350 e. The Morgan fingerprint density at radius 1 is 1.16 bits per heavy atom. The molecule has 4 aromatic rings. The predicted octanol–water partition coefficient (Wildman–Crippen LogP) is 4.77. The number of carbonyl (C=O) groups excluding carboxylic acids is 1. The lowest BCUT2D eigenvalue weighted by Crippen LogP contribution is -2.27. The van der Waals surface area contributed by atoms with Crippen LogP contribution in [-0.4, -0.2) is 37.2 Å². The first-order valence-corrected chi connectivity index (χ1v) is 12.2. The van der Waals surface area contributed by atoms with Crippen LogP contribution in [0.25, 0.3) is 17.1 Å². The number of nitrogens with one attached hydrogen (secondary N) is 1. The minimum atomic E-state index is -0.130. The van der Waals surface area contributed by atoms with Gasteiger partial charge in [-0.2, -0.15) is 0 Å². The maximum absolute atomic E-state index is 12.3. The van der Waals surface area contributed by atoms with Crippen LogP contribution in [0, 0.1) is 12.8 Å². The average Bonchev–Trinajstić information content (AvgIpc) is 3.44. The number of aryl methyl sites for hydroxylation is 1. The molecule has 3 heterocycles. The van der Waals surface area contributed by atoms with E-state index in [1.54, 1.807) is 29.5 Å². The molecule has 0 atom stereocenters. The van der Waals surface area contributed by atoms with E-state index in [0.717, 1.165) is 32.8 Å². The summed E-state index contributed by atoms with van der Waals surface area (Å²) >= 11 is 3.03. The topological polar surface area (TPSA) is 85.6 Å². The Balaban J connectivity index is 1.58. The molecular weight excluding hydrogens is 440 g/mol. The van der Waals surface area contributed by atoms with E-state index in [-0.39, 0.29) is 5.91 Å². The van der Waals surface area contributed by atoms with Crippen LogP contribution in [0.5, 0.6) is 0 Å². The molecule has 1 N–H and O–H groups in total. The Bertz CT molecular complexity index is 1200. The van der Waals surface area contributed by atoms with E-state index in [9.17, 15) is 4.79 Å². The average molecular weight is 465 g/mol. The quantitative estimate of drug-likeness (QED) is 0.378. The SMILES string of the molecule is Cc1ccccc1-n1c(SCc2nc(C(=O)NCC(C)C)cs2)nnc1-c1ccncc1. The van der Waals surface area contributed by atoms with Crippen molar-refractivity contribution in [3.05, 3.63) is 70.4 Å². The van der Waals surface area contributed by atoms with Crippen molar-refractivity contribution < 1.29 is 4.79 Å². The van der Waals surface area contributed by atoms with Crippen molar-refractivity contribution in [2.45, 2.75) is 31.7 Å². The summed E-state index contributed by atoms with van der Waals surface area (Å²) in [7, 11) is 0. The fourth-order valence-corrected chi connectivity index (χ4v) is 4.81. The van der Waals surface area contributed by atoms with E-state index in [4.69, 9.17) is 0 Å². The van der Waals surface area contributed by atoms with E-state index in [2.05, 4.69) is 63.0 Å². The van der Waals surface area contributed by atoms with Crippen LogP contribution in [0.3, 0.4) is 0 Å². The van der Waals surface area contributed by atoms with Gasteiger partial charge in [-0.05, 0) is 36.6 Å². The van der Waals surface area contributed by atoms with Crippen molar-refractivity contribution >= 4 is 29.0 Å². The Morgan fingerprint density at radius 3 is 2.69 bits per heavy atom. The highest BCUT2D eigenvalue weighted by molar-refractivity contribution is 7.98. The Labute approximate surface area is 195 Å². The fourth-order valence-electron chi connectivity index (χ4n) is 3.08. The minimum absolute atomic E-state index is 0.130. The van der Waals surface area contributed by atoms with Crippen LogP contribution >= 0.6 is 23.1 Å². The molecule has 1 aromatic carbocycles. The Hall–Kier alpha value is -3.04. The number of para-hydroxylation sites is 1. The number of rotatable bonds is 8. The highest BCUT2D eigenvalue weighted by Gasteiger charge is 2.18. The highest BCUT2D eigenvalue weighted by Crippen LogP contribution is 2.31. The van der Waals surface area contributed by atoms with Gasteiger partial charge < -0.3 is 5.32 Å². The molecule has 32 heavy (non-hydrogen) atoms. The maximum Gasteiger partial charge on any atom is 0.270 e. The second kappa shape index (κ2) is 10.1. The minimum Gasteiger partial charge on any atom is -0.350 e. The third kappa shape index (κ3) is 5.05. The van der Waals surface area contributed by atoms with E-state index >= 15 is 0 Å². The number of pyridine rings is 1. The highest BCUT2D eigenvalue weighted by atomic mass is 32.2. The molecule has 0 fully saturated rings. The van der Waals surface area contributed by atoms with Crippen LogP contribution in [0.4, 0.5) is 0 Å². The lowest BCUT2D eigenvalue weighted by Gasteiger charge is -2.12. The summed E-state index contributed by atoms with van der Waals surface area (Å²) in [6.07, 6.45) is 3.50. The Morgan fingerprint density at radius 2 is 1.94 bits per heavy atom. The van der Waals surface area contributed by atoms with Gasteiger partial charge in [0.05, 0.1) is 11.4 Å². The van der Waals surface area contributed by atoms with E-state index in [1.807, 2.05) is 24.3 Å². The van der Waals surface area contributed by atoms with Crippen LogP contribution in [0.2, 0.25) is 0 Å². The zero-order valence-electron chi connectivity index (χ0n) is 18.1. The van der Waals surface area contributed by atoms with Crippen molar-refractivity contribution in [2.24, 2.45) is 5.92 Å². The van der Waals surface area contributed by atoms with Crippen molar-refractivity contribution in [3.8, 4) is 17.1 Å². The Kier molecular flexibility index (Phi) is 6.96. The smallest absolute Gasteiger partial charge is 0.270 e. The number of thiazole rings is 1. The van der Waals surface area contributed by atoms with Crippen LogP contribution in [0.15, 0.2) is 59.3 Å². The van der Waals surface area contributed by atoms with Gasteiger partial charge in [0.25, 0.3) is 5.91 Å². The molecule has 0 saturated carbocycles. The number of aromatic nitrogens is 5. The molecule has 0 bridgehead atoms. The zero-order chi connectivity index (χ0) is 22.5. The molecule has 0 radical (unpaired) electrons. The maximum atomic E-state index is 12.3. The third-order valence-corrected chi connectivity index (χ3v) is 6.68. The van der Waals surface area contributed by atoms with Crippen molar-refractivity contribution in [1.29, 1.82) is 0 Å². The van der Waals surface area contributed by atoms with Gasteiger partial charge in [-0.25, -0.2) is 4.98 Å². The summed E-state index contributed by atoms with van der Waals surface area (Å²) in [4.78, 5) is 20.9. The molecule has 0 saturated heterocycles. The number of nitrogens with zero attached hydrogens (tertiary/aromatic N) is 5. The number of amides is 1. The summed E-state index contributed by atoms with van der Waals surface area (Å²) in [5.74, 6) is 1.63. The molecule has 3 aromatic heterocycles. The van der Waals surface area contributed by atoms with Gasteiger partial charge in [0.2, 0.25) is 0 Å². The molecule has 0 aliphatic carbocycles. The van der Waals surface area contributed by atoms with Crippen molar-refractivity contribution in [1.82, 2.24) is 30.0 Å².